The van der Waals surface area contributed by atoms with Crippen LogP contribution in [0.3, 0.4) is 0 Å². The molecule has 0 fully saturated rings. The number of nitrogens with one attached hydrogen (secondary N) is 3. The van der Waals surface area contributed by atoms with Crippen LogP contribution in [-0.4, -0.2) is 29.4 Å². The third-order valence-electron chi connectivity index (χ3n) is 5.31. The van der Waals surface area contributed by atoms with E-state index in [9.17, 15) is 9.59 Å². The van der Waals surface area contributed by atoms with Gasteiger partial charge in [0.25, 0.3) is 5.91 Å². The molecule has 0 bridgehead atoms. The number of rotatable bonds is 8. The lowest BCUT2D eigenvalue weighted by Gasteiger charge is -2.19. The Morgan fingerprint density at radius 1 is 0.839 bits per heavy atom. The largest absolute Gasteiger partial charge is 0.361 e. The van der Waals surface area contributed by atoms with Gasteiger partial charge < -0.3 is 15.6 Å². The van der Waals surface area contributed by atoms with Crippen LogP contribution in [0, 0.1) is 0 Å². The van der Waals surface area contributed by atoms with E-state index in [2.05, 4.69) is 21.7 Å². The minimum absolute atomic E-state index is 0.187. The van der Waals surface area contributed by atoms with Crippen molar-refractivity contribution >= 4 is 22.7 Å². The van der Waals surface area contributed by atoms with E-state index in [1.54, 1.807) is 12.1 Å². The van der Waals surface area contributed by atoms with Gasteiger partial charge in [-0.05, 0) is 35.7 Å². The molecule has 0 aliphatic heterocycles. The Morgan fingerprint density at radius 3 is 2.29 bits per heavy atom. The number of carbonyl (C=O) groups is 2. The molecule has 0 aliphatic carbocycles. The minimum Gasteiger partial charge on any atom is -0.361 e. The summed E-state index contributed by atoms with van der Waals surface area (Å²) in [6.45, 7) is 0.493. The molecular formula is C26H25N3O2. The van der Waals surface area contributed by atoms with Crippen LogP contribution in [0.15, 0.2) is 91.1 Å². The zero-order chi connectivity index (χ0) is 21.5. The zero-order valence-corrected chi connectivity index (χ0v) is 17.2. The number of H-pyrrole nitrogens is 1. The second-order valence-electron chi connectivity index (χ2n) is 7.48. The summed E-state index contributed by atoms with van der Waals surface area (Å²) >= 11 is 0. The summed E-state index contributed by atoms with van der Waals surface area (Å²) < 4.78 is 0. The van der Waals surface area contributed by atoms with Gasteiger partial charge in [0.05, 0.1) is 0 Å². The number of fused-ring (bicyclic) bond motifs is 1. The van der Waals surface area contributed by atoms with Crippen molar-refractivity contribution in [1.82, 2.24) is 15.6 Å². The highest BCUT2D eigenvalue weighted by atomic mass is 16.2. The smallest absolute Gasteiger partial charge is 0.251 e. The van der Waals surface area contributed by atoms with Crippen molar-refractivity contribution in [3.05, 3.63) is 108 Å². The van der Waals surface area contributed by atoms with E-state index >= 15 is 0 Å². The summed E-state index contributed by atoms with van der Waals surface area (Å²) in [6, 6.07) is 26.1. The van der Waals surface area contributed by atoms with Crippen LogP contribution < -0.4 is 10.6 Å². The Morgan fingerprint density at radius 2 is 1.52 bits per heavy atom. The average Bonchev–Trinajstić information content (AvgIpc) is 3.23. The van der Waals surface area contributed by atoms with E-state index in [1.165, 1.54) is 0 Å². The number of amides is 2. The SMILES string of the molecule is O=C(N[C@@H](Cc1ccccc1)C(=O)NCCc1c[nH]c2ccccc12)c1ccccc1. The molecule has 156 valence electrons. The molecule has 2 amide bonds. The van der Waals surface area contributed by atoms with Gasteiger partial charge in [0.2, 0.25) is 5.91 Å². The van der Waals surface area contributed by atoms with Gasteiger partial charge in [-0.15, -0.1) is 0 Å². The summed E-state index contributed by atoms with van der Waals surface area (Å²) in [5.74, 6) is -0.443. The van der Waals surface area contributed by atoms with Gasteiger partial charge in [-0.25, -0.2) is 0 Å². The standard InChI is InChI=1S/C26H25N3O2/c30-25(20-11-5-2-6-12-20)29-24(17-19-9-3-1-4-10-19)26(31)27-16-15-21-18-28-23-14-8-7-13-22(21)23/h1-14,18,24,28H,15-17H2,(H,27,31)(H,29,30)/t24-/m0/s1. The Bertz CT molecular complexity index is 1150. The quantitative estimate of drug-likeness (QED) is 0.412. The fraction of sp³-hybridized carbons (Fsp3) is 0.154. The molecular weight excluding hydrogens is 386 g/mol. The molecule has 0 spiro atoms. The number of para-hydroxylation sites is 1. The van der Waals surface area contributed by atoms with Gasteiger partial charge in [-0.3, -0.25) is 9.59 Å². The summed E-state index contributed by atoms with van der Waals surface area (Å²) in [4.78, 5) is 28.9. The highest BCUT2D eigenvalue weighted by Gasteiger charge is 2.21. The molecule has 5 nitrogen and oxygen atoms in total. The third-order valence-corrected chi connectivity index (χ3v) is 5.31. The Hall–Kier alpha value is -3.86. The molecule has 4 rings (SSSR count). The maximum absolute atomic E-state index is 13.0. The summed E-state index contributed by atoms with van der Waals surface area (Å²) in [6.07, 6.45) is 3.12. The molecule has 0 radical (unpaired) electrons. The van der Waals surface area contributed by atoms with Crippen LogP contribution >= 0.6 is 0 Å². The second kappa shape index (κ2) is 9.76. The van der Waals surface area contributed by atoms with Gasteiger partial charge in [0, 0.05) is 35.6 Å². The first-order chi connectivity index (χ1) is 15.2. The molecule has 1 aromatic heterocycles. The van der Waals surface area contributed by atoms with Crippen LogP contribution in [0.2, 0.25) is 0 Å². The van der Waals surface area contributed by atoms with E-state index in [0.29, 0.717) is 24.9 Å². The topological polar surface area (TPSA) is 74.0 Å². The van der Waals surface area contributed by atoms with Crippen LogP contribution in [0.25, 0.3) is 10.9 Å². The van der Waals surface area contributed by atoms with Crippen molar-refractivity contribution in [3.8, 4) is 0 Å². The normalized spacial score (nSPS) is 11.7. The lowest BCUT2D eigenvalue weighted by Crippen LogP contribution is -2.48. The van der Waals surface area contributed by atoms with Crippen molar-refractivity contribution in [1.29, 1.82) is 0 Å². The van der Waals surface area contributed by atoms with Crippen LogP contribution in [0.1, 0.15) is 21.5 Å². The highest BCUT2D eigenvalue weighted by Crippen LogP contribution is 2.17. The molecule has 5 heteroatoms. The van der Waals surface area contributed by atoms with Crippen molar-refractivity contribution in [2.45, 2.75) is 18.9 Å². The number of aromatic amines is 1. The first-order valence-electron chi connectivity index (χ1n) is 10.4. The Kier molecular flexibility index (Phi) is 6.43. The Labute approximate surface area is 181 Å². The highest BCUT2D eigenvalue weighted by molar-refractivity contribution is 5.97. The molecule has 0 unspecified atom stereocenters. The molecule has 4 aromatic rings. The predicted octanol–water partition coefficient (Wildman–Crippen LogP) is 3.87. The van der Waals surface area contributed by atoms with E-state index < -0.39 is 6.04 Å². The predicted molar refractivity (Wildman–Crippen MR) is 123 cm³/mol. The monoisotopic (exact) mass is 411 g/mol. The first-order valence-corrected chi connectivity index (χ1v) is 10.4. The first kappa shape index (κ1) is 20.4. The fourth-order valence-electron chi connectivity index (χ4n) is 3.67. The molecule has 3 aromatic carbocycles. The van der Waals surface area contributed by atoms with Gasteiger partial charge in [0.1, 0.15) is 6.04 Å². The van der Waals surface area contributed by atoms with E-state index in [-0.39, 0.29) is 11.8 Å². The number of aromatic nitrogens is 1. The Balaban J connectivity index is 1.42. The summed E-state index contributed by atoms with van der Waals surface area (Å²) in [5, 5.41) is 7.05. The van der Waals surface area contributed by atoms with Crippen molar-refractivity contribution in [3.63, 3.8) is 0 Å². The van der Waals surface area contributed by atoms with Crippen molar-refractivity contribution in [2.75, 3.05) is 6.54 Å². The van der Waals surface area contributed by atoms with E-state index in [4.69, 9.17) is 0 Å². The average molecular weight is 412 g/mol. The van der Waals surface area contributed by atoms with Crippen molar-refractivity contribution < 1.29 is 9.59 Å². The molecule has 1 atom stereocenters. The summed E-state index contributed by atoms with van der Waals surface area (Å²) in [7, 11) is 0. The fourth-order valence-corrected chi connectivity index (χ4v) is 3.67. The van der Waals surface area contributed by atoms with Gasteiger partial charge >= 0.3 is 0 Å². The van der Waals surface area contributed by atoms with E-state index in [0.717, 1.165) is 22.0 Å². The van der Waals surface area contributed by atoms with Crippen LogP contribution in [-0.2, 0) is 17.6 Å². The molecule has 0 aliphatic rings. The second-order valence-corrected chi connectivity index (χ2v) is 7.48. The molecule has 0 saturated carbocycles. The maximum atomic E-state index is 13.0. The third kappa shape index (κ3) is 5.20. The number of hydrogen-bond donors (Lipinski definition) is 3. The molecule has 31 heavy (non-hydrogen) atoms. The zero-order valence-electron chi connectivity index (χ0n) is 17.2. The van der Waals surface area contributed by atoms with Gasteiger partial charge in [-0.1, -0.05) is 66.7 Å². The van der Waals surface area contributed by atoms with Crippen LogP contribution in [0.4, 0.5) is 0 Å². The maximum Gasteiger partial charge on any atom is 0.251 e. The minimum atomic E-state index is -0.655. The van der Waals surface area contributed by atoms with Crippen LogP contribution in [0.5, 0.6) is 0 Å². The lowest BCUT2D eigenvalue weighted by atomic mass is 10.0. The molecule has 0 saturated heterocycles. The molecule has 1 heterocycles. The number of carbonyl (C=O) groups excluding carboxylic acids is 2. The summed E-state index contributed by atoms with van der Waals surface area (Å²) in [5.41, 5.74) is 3.77. The van der Waals surface area contributed by atoms with Crippen molar-refractivity contribution in [2.24, 2.45) is 0 Å². The van der Waals surface area contributed by atoms with Gasteiger partial charge in [0.15, 0.2) is 0 Å². The number of hydrogen-bond acceptors (Lipinski definition) is 2. The molecule has 3 N–H and O–H groups in total. The lowest BCUT2D eigenvalue weighted by molar-refractivity contribution is -0.122. The number of benzene rings is 3. The van der Waals surface area contributed by atoms with Gasteiger partial charge in [-0.2, -0.15) is 0 Å². The van der Waals surface area contributed by atoms with E-state index in [1.807, 2.05) is 72.9 Å².